The summed E-state index contributed by atoms with van der Waals surface area (Å²) in [7, 11) is 0. The van der Waals surface area contributed by atoms with Crippen molar-refractivity contribution in [2.24, 2.45) is 22.0 Å². The molecule has 0 aromatic heterocycles. The highest BCUT2D eigenvalue weighted by molar-refractivity contribution is 5.76. The van der Waals surface area contributed by atoms with Crippen molar-refractivity contribution < 1.29 is 9.53 Å². The zero-order valence-electron chi connectivity index (χ0n) is 15.9. The highest BCUT2D eigenvalue weighted by Crippen LogP contribution is 2.36. The second kappa shape index (κ2) is 6.28. The fourth-order valence-corrected chi connectivity index (χ4v) is 2.58. The van der Waals surface area contributed by atoms with Crippen LogP contribution in [0.3, 0.4) is 0 Å². The molecule has 0 heterocycles. The van der Waals surface area contributed by atoms with Gasteiger partial charge in [-0.25, -0.2) is 0 Å². The summed E-state index contributed by atoms with van der Waals surface area (Å²) in [6, 6.07) is 0. The molecule has 126 valence electrons. The van der Waals surface area contributed by atoms with Crippen LogP contribution in [0.15, 0.2) is 0 Å². The van der Waals surface area contributed by atoms with E-state index in [1.165, 1.54) is 0 Å². The molecule has 0 aromatic carbocycles. The van der Waals surface area contributed by atoms with E-state index >= 15 is 0 Å². The summed E-state index contributed by atoms with van der Waals surface area (Å²) in [5.74, 6) is -0.148. The van der Waals surface area contributed by atoms with Gasteiger partial charge in [0, 0.05) is 5.54 Å². The Hall–Kier alpha value is -0.570. The van der Waals surface area contributed by atoms with Crippen molar-refractivity contribution in [2.45, 2.75) is 93.7 Å². The van der Waals surface area contributed by atoms with Gasteiger partial charge in [0.05, 0.1) is 5.41 Å². The number of hydrogen-bond donors (Lipinski definition) is 1. The van der Waals surface area contributed by atoms with E-state index in [0.717, 1.165) is 6.42 Å². The number of hydrogen-bond acceptors (Lipinski definition) is 3. The van der Waals surface area contributed by atoms with Gasteiger partial charge in [0.1, 0.15) is 6.10 Å². The molecule has 2 N–H and O–H groups in total. The Morgan fingerprint density at radius 1 is 0.952 bits per heavy atom. The lowest BCUT2D eigenvalue weighted by atomic mass is 9.77. The predicted molar refractivity (Wildman–Crippen MR) is 90.1 cm³/mol. The van der Waals surface area contributed by atoms with E-state index in [9.17, 15) is 4.79 Å². The maximum Gasteiger partial charge on any atom is 0.311 e. The molecule has 0 bridgehead atoms. The maximum atomic E-state index is 12.6. The summed E-state index contributed by atoms with van der Waals surface area (Å²) >= 11 is 0. The van der Waals surface area contributed by atoms with E-state index in [-0.39, 0.29) is 28.4 Å². The largest absolute Gasteiger partial charge is 0.461 e. The SMILES string of the molecule is CC(C)(C)CC(OC(=O)C(C)(C)CC(C)(C)N)C(C)(C)C. The Kier molecular flexibility index (Phi) is 6.10. The van der Waals surface area contributed by atoms with Crippen LogP contribution in [0.25, 0.3) is 0 Å². The fourth-order valence-electron chi connectivity index (χ4n) is 2.58. The van der Waals surface area contributed by atoms with Crippen molar-refractivity contribution in [1.29, 1.82) is 0 Å². The monoisotopic (exact) mass is 299 g/mol. The lowest BCUT2D eigenvalue weighted by Crippen LogP contribution is -2.44. The van der Waals surface area contributed by atoms with Crippen LogP contribution in [0.2, 0.25) is 0 Å². The van der Waals surface area contributed by atoms with Gasteiger partial charge >= 0.3 is 5.97 Å². The van der Waals surface area contributed by atoms with Gasteiger partial charge in [-0.1, -0.05) is 41.5 Å². The Morgan fingerprint density at radius 2 is 1.38 bits per heavy atom. The highest BCUT2D eigenvalue weighted by atomic mass is 16.5. The minimum Gasteiger partial charge on any atom is -0.461 e. The van der Waals surface area contributed by atoms with Gasteiger partial charge < -0.3 is 10.5 Å². The molecule has 0 spiro atoms. The molecule has 3 nitrogen and oxygen atoms in total. The summed E-state index contributed by atoms with van der Waals surface area (Å²) in [4.78, 5) is 12.6. The van der Waals surface area contributed by atoms with Crippen LogP contribution < -0.4 is 5.73 Å². The molecule has 0 aliphatic carbocycles. The average Bonchev–Trinajstić information content (AvgIpc) is 2.08. The molecule has 3 heteroatoms. The summed E-state index contributed by atoms with van der Waals surface area (Å²) in [5.41, 5.74) is 5.16. The molecule has 0 aliphatic heterocycles. The highest BCUT2D eigenvalue weighted by Gasteiger charge is 2.39. The van der Waals surface area contributed by atoms with Gasteiger partial charge in [-0.05, 0) is 51.4 Å². The molecule has 21 heavy (non-hydrogen) atoms. The van der Waals surface area contributed by atoms with Crippen molar-refractivity contribution in [3.05, 3.63) is 0 Å². The molecule has 0 rings (SSSR count). The van der Waals surface area contributed by atoms with Crippen LogP contribution >= 0.6 is 0 Å². The summed E-state index contributed by atoms with van der Waals surface area (Å²) in [6.45, 7) is 20.6. The quantitative estimate of drug-likeness (QED) is 0.759. The second-order valence-corrected chi connectivity index (χ2v) is 10.1. The number of esters is 1. The number of nitrogens with two attached hydrogens (primary N) is 1. The van der Waals surface area contributed by atoms with Gasteiger partial charge in [-0.3, -0.25) is 4.79 Å². The second-order valence-electron chi connectivity index (χ2n) is 10.1. The van der Waals surface area contributed by atoms with Crippen LogP contribution in [0.5, 0.6) is 0 Å². The van der Waals surface area contributed by atoms with Gasteiger partial charge in [0.2, 0.25) is 0 Å². The van der Waals surface area contributed by atoms with E-state index in [1.54, 1.807) is 0 Å². The number of carbonyl (C=O) groups excluding carboxylic acids is 1. The average molecular weight is 299 g/mol. The summed E-state index contributed by atoms with van der Waals surface area (Å²) < 4.78 is 5.91. The number of rotatable bonds is 5. The first-order chi connectivity index (χ1) is 8.94. The van der Waals surface area contributed by atoms with Crippen LogP contribution in [0.4, 0.5) is 0 Å². The predicted octanol–water partition coefficient (Wildman–Crippen LogP) is 4.53. The molecule has 0 amide bonds. The molecule has 0 fully saturated rings. The van der Waals surface area contributed by atoms with Crippen LogP contribution in [-0.4, -0.2) is 17.6 Å². The fraction of sp³-hybridized carbons (Fsp3) is 0.944. The van der Waals surface area contributed by atoms with E-state index in [1.807, 2.05) is 27.7 Å². The lowest BCUT2D eigenvalue weighted by molar-refractivity contribution is -0.168. The minimum absolute atomic E-state index is 0.0722. The minimum atomic E-state index is -0.570. The topological polar surface area (TPSA) is 52.3 Å². The number of ether oxygens (including phenoxy) is 1. The normalized spacial score (nSPS) is 15.8. The van der Waals surface area contributed by atoms with E-state index in [4.69, 9.17) is 10.5 Å². The maximum absolute atomic E-state index is 12.6. The van der Waals surface area contributed by atoms with Crippen molar-refractivity contribution in [1.82, 2.24) is 0 Å². The lowest BCUT2D eigenvalue weighted by Gasteiger charge is -2.38. The van der Waals surface area contributed by atoms with Crippen LogP contribution in [0, 0.1) is 16.2 Å². The van der Waals surface area contributed by atoms with Gasteiger partial charge in [0.25, 0.3) is 0 Å². The molecule has 0 aliphatic rings. The van der Waals surface area contributed by atoms with Crippen LogP contribution in [-0.2, 0) is 9.53 Å². The Labute approximate surface area is 132 Å². The molecule has 0 saturated heterocycles. The van der Waals surface area contributed by atoms with Crippen molar-refractivity contribution in [3.8, 4) is 0 Å². The molecule has 0 radical (unpaired) electrons. The first-order valence-corrected chi connectivity index (χ1v) is 7.94. The molecule has 1 unspecified atom stereocenters. The zero-order valence-corrected chi connectivity index (χ0v) is 15.9. The first-order valence-electron chi connectivity index (χ1n) is 7.94. The van der Waals surface area contributed by atoms with Crippen molar-refractivity contribution in [3.63, 3.8) is 0 Å². The zero-order chi connectivity index (χ0) is 17.3. The molecule has 1 atom stereocenters. The molecule has 0 aromatic rings. The Morgan fingerprint density at radius 3 is 1.67 bits per heavy atom. The third kappa shape index (κ3) is 8.45. The Bertz CT molecular complexity index is 351. The molecular formula is C18H37NO2. The summed E-state index contributed by atoms with van der Waals surface area (Å²) in [6.07, 6.45) is 1.36. The van der Waals surface area contributed by atoms with Gasteiger partial charge in [-0.2, -0.15) is 0 Å². The van der Waals surface area contributed by atoms with E-state index < -0.39 is 5.41 Å². The van der Waals surface area contributed by atoms with Gasteiger partial charge in [-0.15, -0.1) is 0 Å². The molecular weight excluding hydrogens is 262 g/mol. The van der Waals surface area contributed by atoms with Gasteiger partial charge in [0.15, 0.2) is 0 Å². The third-order valence-corrected chi connectivity index (χ3v) is 3.46. The molecule has 0 saturated carbocycles. The summed E-state index contributed by atoms with van der Waals surface area (Å²) in [5, 5.41) is 0. The van der Waals surface area contributed by atoms with E-state index in [0.29, 0.717) is 6.42 Å². The standard InChI is InChI=1S/C18H37NO2/c1-15(2,3)11-13(16(4,5)6)21-14(20)17(7,8)12-18(9,10)19/h13H,11-12,19H2,1-10H3. The van der Waals surface area contributed by atoms with Crippen LogP contribution in [0.1, 0.15) is 82.1 Å². The van der Waals surface area contributed by atoms with Crippen molar-refractivity contribution >= 4 is 5.97 Å². The number of carbonyl (C=O) groups is 1. The van der Waals surface area contributed by atoms with Crippen molar-refractivity contribution in [2.75, 3.05) is 0 Å². The van der Waals surface area contributed by atoms with E-state index in [2.05, 4.69) is 41.5 Å². The smallest absolute Gasteiger partial charge is 0.311 e. The third-order valence-electron chi connectivity index (χ3n) is 3.46. The first kappa shape index (κ1) is 20.4. The Balaban J connectivity index is 5.06.